The average molecular weight is 370 g/mol. The number of hydrogen-bond acceptors (Lipinski definition) is 6. The summed E-state index contributed by atoms with van der Waals surface area (Å²) in [4.78, 5) is 1.80. The zero-order valence-corrected chi connectivity index (χ0v) is 16.3. The minimum atomic E-state index is -1.24. The van der Waals surface area contributed by atoms with E-state index in [0.717, 1.165) is 30.4 Å². The van der Waals surface area contributed by atoms with Crippen LogP contribution in [-0.4, -0.2) is 76.0 Å². The van der Waals surface area contributed by atoms with Crippen molar-refractivity contribution in [3.8, 4) is 0 Å². The van der Waals surface area contributed by atoms with E-state index in [1.807, 2.05) is 19.9 Å². The fraction of sp³-hybridized carbons (Fsp3) is 0.700. The number of aliphatic hydroxyl groups is 4. The first kappa shape index (κ1) is 22.9. The molecular formula is C20H35NO5. The highest BCUT2D eigenvalue weighted by atomic mass is 16.5. The Morgan fingerprint density at radius 2 is 1.92 bits per heavy atom. The molecule has 1 aliphatic rings. The van der Waals surface area contributed by atoms with Crippen molar-refractivity contribution in [3.63, 3.8) is 0 Å². The number of ether oxygens (including phenoxy) is 1. The fourth-order valence-electron chi connectivity index (χ4n) is 3.04. The van der Waals surface area contributed by atoms with Gasteiger partial charge in [-0.1, -0.05) is 39.0 Å². The van der Waals surface area contributed by atoms with Crippen molar-refractivity contribution in [1.29, 1.82) is 0 Å². The molecule has 0 amide bonds. The second-order valence-corrected chi connectivity index (χ2v) is 6.87. The van der Waals surface area contributed by atoms with E-state index in [4.69, 9.17) is 4.74 Å². The van der Waals surface area contributed by atoms with Crippen molar-refractivity contribution in [2.75, 3.05) is 26.3 Å². The van der Waals surface area contributed by atoms with Gasteiger partial charge in [0.2, 0.25) is 0 Å². The van der Waals surface area contributed by atoms with Crippen LogP contribution in [0.25, 0.3) is 0 Å². The Bertz CT molecular complexity index is 502. The van der Waals surface area contributed by atoms with Gasteiger partial charge < -0.3 is 25.2 Å². The molecule has 1 rings (SSSR count). The van der Waals surface area contributed by atoms with Crippen LogP contribution in [0, 0.1) is 0 Å². The first-order valence-corrected chi connectivity index (χ1v) is 9.44. The van der Waals surface area contributed by atoms with Gasteiger partial charge in [0, 0.05) is 13.1 Å². The Labute approximate surface area is 157 Å². The van der Waals surface area contributed by atoms with Gasteiger partial charge in [-0.15, -0.1) is 0 Å². The molecule has 0 aliphatic carbocycles. The van der Waals surface area contributed by atoms with Crippen LogP contribution in [0.4, 0.5) is 0 Å². The zero-order chi connectivity index (χ0) is 19.7. The van der Waals surface area contributed by atoms with Gasteiger partial charge in [0.25, 0.3) is 0 Å². The number of rotatable bonds is 10. The molecule has 6 heteroatoms. The summed E-state index contributed by atoms with van der Waals surface area (Å²) >= 11 is 0. The van der Waals surface area contributed by atoms with Crippen LogP contribution in [0.3, 0.4) is 0 Å². The lowest BCUT2D eigenvalue weighted by molar-refractivity contribution is -0.142. The lowest BCUT2D eigenvalue weighted by atomic mass is 9.93. The summed E-state index contributed by atoms with van der Waals surface area (Å²) in [6.45, 7) is 11.0. The van der Waals surface area contributed by atoms with Crippen LogP contribution in [0.15, 0.2) is 35.6 Å². The van der Waals surface area contributed by atoms with Crippen LogP contribution in [0.1, 0.15) is 40.0 Å². The summed E-state index contributed by atoms with van der Waals surface area (Å²) in [5.41, 5.74) is 1.90. The SMILES string of the molecule is C=C(OCCCC)/C(C)=C\C(=C/CC)CN1C[C@H](O)[C@@H](O)[C@H](O)[C@H]1CO. The Hall–Kier alpha value is -1.18. The molecule has 6 nitrogen and oxygen atoms in total. The van der Waals surface area contributed by atoms with E-state index >= 15 is 0 Å². The normalized spacial score (nSPS) is 28.3. The smallest absolute Gasteiger partial charge is 0.115 e. The van der Waals surface area contributed by atoms with Crippen LogP contribution in [-0.2, 0) is 4.74 Å². The van der Waals surface area contributed by atoms with E-state index in [1.54, 1.807) is 4.90 Å². The van der Waals surface area contributed by atoms with Gasteiger partial charge >= 0.3 is 0 Å². The molecule has 1 saturated heterocycles. The molecule has 0 aromatic carbocycles. The number of aliphatic hydroxyl groups excluding tert-OH is 4. The molecule has 150 valence electrons. The van der Waals surface area contributed by atoms with Gasteiger partial charge in [-0.25, -0.2) is 0 Å². The number of likely N-dealkylation sites (tertiary alicyclic amines) is 1. The van der Waals surface area contributed by atoms with E-state index in [9.17, 15) is 20.4 Å². The van der Waals surface area contributed by atoms with Crippen molar-refractivity contribution >= 4 is 0 Å². The summed E-state index contributed by atoms with van der Waals surface area (Å²) < 4.78 is 5.65. The molecule has 1 heterocycles. The van der Waals surface area contributed by atoms with Gasteiger partial charge in [-0.2, -0.15) is 0 Å². The van der Waals surface area contributed by atoms with E-state index in [0.29, 0.717) is 18.9 Å². The molecule has 0 aromatic heterocycles. The average Bonchev–Trinajstić information content (AvgIpc) is 2.60. The molecule has 0 saturated carbocycles. The number of nitrogens with zero attached hydrogens (tertiary/aromatic N) is 1. The third-order valence-corrected chi connectivity index (χ3v) is 4.68. The maximum atomic E-state index is 10.1. The summed E-state index contributed by atoms with van der Waals surface area (Å²) in [5.74, 6) is 0.633. The van der Waals surface area contributed by atoms with E-state index in [-0.39, 0.29) is 13.2 Å². The van der Waals surface area contributed by atoms with Crippen LogP contribution in [0.2, 0.25) is 0 Å². The monoisotopic (exact) mass is 369 g/mol. The standard InChI is InChI=1S/C20H35NO5/c1-5-7-9-26-15(4)14(3)10-16(8-6-2)11-21-12-18(23)20(25)19(24)17(21)13-22/h8,10,17-20,22-25H,4-7,9,11-13H2,1-3H3/b14-10-,16-8+/t17-,18+,19-,20-/m1/s1. The van der Waals surface area contributed by atoms with Crippen molar-refractivity contribution in [3.05, 3.63) is 35.6 Å². The Morgan fingerprint density at radius 1 is 1.23 bits per heavy atom. The maximum absolute atomic E-state index is 10.1. The van der Waals surface area contributed by atoms with Crippen LogP contribution < -0.4 is 0 Å². The molecule has 1 fully saturated rings. The molecule has 4 atom stereocenters. The summed E-state index contributed by atoms with van der Waals surface area (Å²) in [6, 6.07) is -0.619. The summed E-state index contributed by atoms with van der Waals surface area (Å²) in [6.07, 6.45) is 3.42. The second kappa shape index (κ2) is 11.5. The Morgan fingerprint density at radius 3 is 2.50 bits per heavy atom. The number of β-amino-alcohol motifs (C(OH)–C–C–N with tert-alkyl or cyclic N) is 1. The van der Waals surface area contributed by atoms with Gasteiger partial charge in [0.1, 0.15) is 18.0 Å². The summed E-state index contributed by atoms with van der Waals surface area (Å²) in [7, 11) is 0. The first-order valence-electron chi connectivity index (χ1n) is 9.44. The van der Waals surface area contributed by atoms with Crippen LogP contribution >= 0.6 is 0 Å². The van der Waals surface area contributed by atoms with Gasteiger partial charge in [-0.05, 0) is 30.9 Å². The number of hydrogen-bond donors (Lipinski definition) is 4. The molecule has 4 N–H and O–H groups in total. The Balaban J connectivity index is 2.85. The van der Waals surface area contributed by atoms with Gasteiger partial charge in [0.15, 0.2) is 0 Å². The molecule has 0 unspecified atom stereocenters. The summed E-state index contributed by atoms with van der Waals surface area (Å²) in [5, 5.41) is 39.5. The molecule has 0 aromatic rings. The van der Waals surface area contributed by atoms with Crippen molar-refractivity contribution in [2.45, 2.75) is 64.4 Å². The van der Waals surface area contributed by atoms with Gasteiger partial charge in [0.05, 0.1) is 25.4 Å². The highest BCUT2D eigenvalue weighted by Crippen LogP contribution is 2.22. The van der Waals surface area contributed by atoms with Crippen molar-refractivity contribution in [1.82, 2.24) is 4.90 Å². The lowest BCUT2D eigenvalue weighted by Gasteiger charge is -2.43. The highest BCUT2D eigenvalue weighted by Gasteiger charge is 2.40. The molecule has 0 spiro atoms. The minimum absolute atomic E-state index is 0.186. The van der Waals surface area contributed by atoms with E-state index in [1.165, 1.54) is 0 Å². The Kier molecular flexibility index (Phi) is 10.1. The highest BCUT2D eigenvalue weighted by molar-refractivity contribution is 5.32. The van der Waals surface area contributed by atoms with Crippen molar-refractivity contribution in [2.24, 2.45) is 0 Å². The first-order chi connectivity index (χ1) is 12.3. The minimum Gasteiger partial charge on any atom is -0.494 e. The third-order valence-electron chi connectivity index (χ3n) is 4.68. The predicted molar refractivity (Wildman–Crippen MR) is 103 cm³/mol. The van der Waals surface area contributed by atoms with E-state index in [2.05, 4.69) is 19.6 Å². The molecule has 0 radical (unpaired) electrons. The topological polar surface area (TPSA) is 93.4 Å². The molecule has 0 bridgehead atoms. The zero-order valence-electron chi connectivity index (χ0n) is 16.3. The maximum Gasteiger partial charge on any atom is 0.115 e. The third kappa shape index (κ3) is 6.52. The largest absolute Gasteiger partial charge is 0.494 e. The van der Waals surface area contributed by atoms with Crippen LogP contribution in [0.5, 0.6) is 0 Å². The lowest BCUT2D eigenvalue weighted by Crippen LogP contribution is -2.62. The van der Waals surface area contributed by atoms with E-state index < -0.39 is 24.4 Å². The van der Waals surface area contributed by atoms with Crippen molar-refractivity contribution < 1.29 is 25.2 Å². The second-order valence-electron chi connectivity index (χ2n) is 6.87. The molecule has 26 heavy (non-hydrogen) atoms. The number of unbranched alkanes of at least 4 members (excludes halogenated alkanes) is 1. The number of piperidine rings is 1. The fourth-order valence-corrected chi connectivity index (χ4v) is 3.04. The predicted octanol–water partition coefficient (Wildman–Crippen LogP) is 1.36. The van der Waals surface area contributed by atoms with Gasteiger partial charge in [-0.3, -0.25) is 4.90 Å². The molecule has 1 aliphatic heterocycles. The quantitative estimate of drug-likeness (QED) is 0.264. The molecular weight excluding hydrogens is 334 g/mol. The number of allylic oxidation sites excluding steroid dienone is 2.